The quantitative estimate of drug-likeness (QED) is 0.0462. The molecule has 2 aromatic carbocycles. The number of esters is 2. The molecule has 2 aliphatic rings. The van der Waals surface area contributed by atoms with Crippen LogP contribution in [0.5, 0.6) is 0 Å². The molecule has 4 heterocycles. The molecule has 5 atom stereocenters. The van der Waals surface area contributed by atoms with Crippen molar-refractivity contribution in [3.8, 4) is 0 Å². The maximum atomic E-state index is 13.0. The summed E-state index contributed by atoms with van der Waals surface area (Å²) in [4.78, 5) is 37.7. The van der Waals surface area contributed by atoms with Crippen LogP contribution in [0.25, 0.3) is 32.3 Å². The first-order valence-corrected chi connectivity index (χ1v) is 24.8. The molecule has 0 bridgehead atoms. The zero-order valence-corrected chi connectivity index (χ0v) is 40.8. The number of hydrogen-bond acceptors (Lipinski definition) is 12. The molecule has 0 aliphatic carbocycles. The second-order valence-electron chi connectivity index (χ2n) is 17.5. The number of thiophene rings is 2. The van der Waals surface area contributed by atoms with Crippen LogP contribution in [0.1, 0.15) is 178 Å². The van der Waals surface area contributed by atoms with Crippen molar-refractivity contribution in [3.63, 3.8) is 0 Å². The highest BCUT2D eigenvalue weighted by Gasteiger charge is 2.41. The first kappa shape index (κ1) is 56.6. The third-order valence-corrected chi connectivity index (χ3v) is 14.0. The van der Waals surface area contributed by atoms with E-state index in [1.807, 2.05) is 70.2 Å². The van der Waals surface area contributed by atoms with Gasteiger partial charge in [0.25, 0.3) is 0 Å². The number of ether oxygens (including phenoxy) is 6. The van der Waals surface area contributed by atoms with E-state index in [2.05, 4.69) is 44.2 Å². The molecule has 366 valence electrons. The van der Waals surface area contributed by atoms with Gasteiger partial charge in [-0.15, -0.1) is 22.7 Å². The second-order valence-corrected chi connectivity index (χ2v) is 19.7. The van der Waals surface area contributed by atoms with Crippen molar-refractivity contribution in [2.75, 3.05) is 14.2 Å². The molecule has 2 fully saturated rings. The maximum absolute atomic E-state index is 13.0. The minimum Gasteiger partial charge on any atom is -0.469 e. The number of unbranched alkanes of at least 4 members (excludes halogenated alkanes) is 4. The lowest BCUT2D eigenvalue weighted by Crippen LogP contribution is -2.21. The van der Waals surface area contributed by atoms with Crippen LogP contribution >= 0.6 is 22.7 Å². The standard InChI is InChI=1S/C26H36O5S.C26H34O5S.2CH4/c2*1-5-6-7-12-20(27)25-19(18-11-8-9-14-23(18)32-25)16-17-22-21(30-26(2,3)31-22)13-10-15-24(28)29-4;;/h8-9,11,14,16-17,20-22,27H,5-7,10,12-13,15H2,1-4H3;8-9,11,14,16-17,21-22H,5-7,10,12-13,15H2,1-4H3;2*1H4/b2*17-16+;;/t20-,21-,22+;21-,22+;;/m00../s1. The topological polar surface area (TPSA) is 127 Å². The highest BCUT2D eigenvalue weighted by atomic mass is 32.1. The molecule has 1 N–H and O–H groups in total. The van der Waals surface area contributed by atoms with Crippen molar-refractivity contribution >= 4 is 72.7 Å². The summed E-state index contributed by atoms with van der Waals surface area (Å²) in [6.07, 6.45) is 18.2. The number of fused-ring (bicyclic) bond motifs is 2. The van der Waals surface area contributed by atoms with Gasteiger partial charge in [-0.05, 0) is 83.9 Å². The van der Waals surface area contributed by atoms with Crippen LogP contribution in [-0.2, 0) is 38.0 Å². The van der Waals surface area contributed by atoms with Crippen molar-refractivity contribution < 1.29 is 47.9 Å². The Kier molecular flexibility index (Phi) is 23.4. The highest BCUT2D eigenvalue weighted by molar-refractivity contribution is 7.21. The summed E-state index contributed by atoms with van der Waals surface area (Å²) in [5.41, 5.74) is 2.03. The summed E-state index contributed by atoms with van der Waals surface area (Å²) in [7, 11) is 2.81. The fourth-order valence-corrected chi connectivity index (χ4v) is 10.7. The number of methoxy groups -OCH3 is 2. The van der Waals surface area contributed by atoms with Gasteiger partial charge < -0.3 is 33.5 Å². The molecular formula is C54H78O10S2. The minimum absolute atomic E-state index is 0. The Labute approximate surface area is 403 Å². The molecule has 0 unspecified atom stereocenters. The third-order valence-electron chi connectivity index (χ3n) is 11.5. The fraction of sp³-hybridized carbons (Fsp3) is 0.574. The van der Waals surface area contributed by atoms with Crippen LogP contribution in [0.4, 0.5) is 0 Å². The number of carbonyl (C=O) groups is 3. The fourth-order valence-electron chi connectivity index (χ4n) is 8.29. The highest BCUT2D eigenvalue weighted by Crippen LogP contribution is 2.40. The summed E-state index contributed by atoms with van der Waals surface area (Å²) in [5.74, 6) is -1.59. The smallest absolute Gasteiger partial charge is 0.305 e. The Balaban J connectivity index is 0.000000340. The van der Waals surface area contributed by atoms with Crippen LogP contribution in [0.15, 0.2) is 60.7 Å². The third kappa shape index (κ3) is 16.2. The summed E-state index contributed by atoms with van der Waals surface area (Å²) >= 11 is 3.24. The minimum atomic E-state index is -0.694. The molecule has 2 aromatic heterocycles. The van der Waals surface area contributed by atoms with E-state index in [-0.39, 0.29) is 57.0 Å². The molecule has 0 saturated carbocycles. The van der Waals surface area contributed by atoms with Gasteiger partial charge in [-0.25, -0.2) is 0 Å². The summed E-state index contributed by atoms with van der Waals surface area (Å²) in [5, 5.41) is 13.2. The number of aliphatic hydroxyl groups is 1. The Morgan fingerprint density at radius 3 is 1.64 bits per heavy atom. The normalized spacial score (nSPS) is 20.2. The van der Waals surface area contributed by atoms with Crippen LogP contribution in [0.3, 0.4) is 0 Å². The number of ketones is 1. The monoisotopic (exact) mass is 951 g/mol. The van der Waals surface area contributed by atoms with Gasteiger partial charge in [0.2, 0.25) is 0 Å². The molecule has 0 radical (unpaired) electrons. The van der Waals surface area contributed by atoms with E-state index < -0.39 is 17.7 Å². The Bertz CT molecular complexity index is 2180. The van der Waals surface area contributed by atoms with Gasteiger partial charge in [0.15, 0.2) is 17.4 Å². The number of rotatable bonds is 22. The van der Waals surface area contributed by atoms with Gasteiger partial charge in [-0.2, -0.15) is 0 Å². The second kappa shape index (κ2) is 27.3. The molecule has 6 rings (SSSR count). The lowest BCUT2D eigenvalue weighted by molar-refractivity contribution is -0.145. The van der Waals surface area contributed by atoms with Gasteiger partial charge in [0, 0.05) is 49.9 Å². The first-order valence-electron chi connectivity index (χ1n) is 23.1. The molecule has 4 aromatic rings. The van der Waals surface area contributed by atoms with Gasteiger partial charge in [0.05, 0.1) is 37.4 Å². The summed E-state index contributed by atoms with van der Waals surface area (Å²) in [6, 6.07) is 16.4. The SMILES string of the molecule is C.C.CCCCCC(=O)c1sc2ccccc2c1/C=C/[C@H]1OC(C)(C)O[C@H]1CCCC(=O)OC.CCCCC[C@H](O)c1sc2ccccc2c1/C=C/[C@H]1OC(C)(C)O[C@H]1CCCC(=O)OC. The zero-order chi connectivity index (χ0) is 46.3. The van der Waals surface area contributed by atoms with E-state index in [4.69, 9.17) is 28.4 Å². The van der Waals surface area contributed by atoms with Crippen molar-refractivity contribution in [3.05, 3.63) is 81.6 Å². The molecule has 12 heteroatoms. The van der Waals surface area contributed by atoms with E-state index in [1.165, 1.54) is 18.9 Å². The number of carbonyl (C=O) groups excluding carboxylic acids is 3. The van der Waals surface area contributed by atoms with Crippen LogP contribution in [0, 0.1) is 0 Å². The van der Waals surface area contributed by atoms with Crippen molar-refractivity contribution in [2.24, 2.45) is 0 Å². The molecule has 2 aliphatic heterocycles. The first-order chi connectivity index (χ1) is 30.7. The zero-order valence-electron chi connectivity index (χ0n) is 39.2. The summed E-state index contributed by atoms with van der Waals surface area (Å²) in [6.45, 7) is 11.9. The van der Waals surface area contributed by atoms with Gasteiger partial charge in [-0.1, -0.05) is 122 Å². The molecule has 2 saturated heterocycles. The Hall–Kier alpha value is -3.75. The predicted octanol–water partition coefficient (Wildman–Crippen LogP) is 14.2. The maximum Gasteiger partial charge on any atom is 0.305 e. The molecule has 10 nitrogen and oxygen atoms in total. The van der Waals surface area contributed by atoms with Crippen LogP contribution in [-0.4, -0.2) is 73.0 Å². The molecular weight excluding hydrogens is 873 g/mol. The van der Waals surface area contributed by atoms with E-state index >= 15 is 0 Å². The number of hydrogen-bond donors (Lipinski definition) is 1. The van der Waals surface area contributed by atoms with Crippen molar-refractivity contribution in [1.82, 2.24) is 0 Å². The lowest BCUT2D eigenvalue weighted by Gasteiger charge is -2.16. The van der Waals surface area contributed by atoms with Gasteiger partial charge >= 0.3 is 11.9 Å². The Morgan fingerprint density at radius 1 is 0.652 bits per heavy atom. The number of benzene rings is 2. The number of aliphatic hydroxyl groups excluding tert-OH is 1. The van der Waals surface area contributed by atoms with E-state index in [0.717, 1.165) is 81.3 Å². The molecule has 0 amide bonds. The average Bonchev–Trinajstić information content (AvgIpc) is 4.00. The average molecular weight is 951 g/mol. The van der Waals surface area contributed by atoms with Gasteiger partial charge in [0.1, 0.15) is 12.2 Å². The predicted molar refractivity (Wildman–Crippen MR) is 272 cm³/mol. The van der Waals surface area contributed by atoms with Crippen LogP contribution in [0.2, 0.25) is 0 Å². The summed E-state index contributed by atoms with van der Waals surface area (Å²) < 4.78 is 36.2. The molecule has 0 spiro atoms. The van der Waals surface area contributed by atoms with E-state index in [1.54, 1.807) is 22.7 Å². The largest absolute Gasteiger partial charge is 0.469 e. The lowest BCUT2D eigenvalue weighted by atomic mass is 10.0. The van der Waals surface area contributed by atoms with E-state index in [9.17, 15) is 19.5 Å². The van der Waals surface area contributed by atoms with Crippen LogP contribution < -0.4 is 0 Å². The van der Waals surface area contributed by atoms with E-state index in [0.29, 0.717) is 44.9 Å². The number of Topliss-reactive ketones (excluding diaryl/α,β-unsaturated/α-hetero) is 1. The Morgan fingerprint density at radius 2 is 1.12 bits per heavy atom. The van der Waals surface area contributed by atoms with Gasteiger partial charge in [-0.3, -0.25) is 14.4 Å². The molecule has 66 heavy (non-hydrogen) atoms. The van der Waals surface area contributed by atoms with Crippen molar-refractivity contribution in [2.45, 2.75) is 188 Å². The van der Waals surface area contributed by atoms with Crippen molar-refractivity contribution in [1.29, 1.82) is 0 Å².